The van der Waals surface area contributed by atoms with Gasteiger partial charge in [0.15, 0.2) is 0 Å². The van der Waals surface area contributed by atoms with Gasteiger partial charge in [0.25, 0.3) is 5.56 Å². The highest BCUT2D eigenvalue weighted by Gasteiger charge is 1.90. The van der Waals surface area contributed by atoms with Crippen molar-refractivity contribution < 1.29 is 0 Å². The van der Waals surface area contributed by atoms with E-state index in [4.69, 9.17) is 0 Å². The molecule has 1 N–H and O–H groups in total. The van der Waals surface area contributed by atoms with Gasteiger partial charge in [-0.1, -0.05) is 0 Å². The number of aromatic nitrogens is 2. The summed E-state index contributed by atoms with van der Waals surface area (Å²) < 4.78 is 1.57. The van der Waals surface area contributed by atoms with Crippen LogP contribution in [0, 0.1) is 0 Å². The maximum atomic E-state index is 11.0. The summed E-state index contributed by atoms with van der Waals surface area (Å²) >= 11 is 0. The largest absolute Gasteiger partial charge is 0.318 e. The van der Waals surface area contributed by atoms with E-state index < -0.39 is 0 Å². The first-order valence-corrected chi connectivity index (χ1v) is 3.49. The number of nitrogens with zero attached hydrogens (tertiary/aromatic N) is 2. The summed E-state index contributed by atoms with van der Waals surface area (Å²) in [6.45, 7) is 1.45. The lowest BCUT2D eigenvalue weighted by Gasteiger charge is -2.01. The first kappa shape index (κ1) is 7.94. The van der Waals surface area contributed by atoms with Crippen molar-refractivity contribution >= 4 is 0 Å². The molecule has 0 aliphatic heterocycles. The highest BCUT2D eigenvalue weighted by Crippen LogP contribution is 1.74. The summed E-state index contributed by atoms with van der Waals surface area (Å²) in [5.74, 6) is 0. The molecule has 0 atom stereocenters. The first-order chi connectivity index (χ1) is 5.34. The van der Waals surface area contributed by atoms with Gasteiger partial charge < -0.3 is 5.32 Å². The summed E-state index contributed by atoms with van der Waals surface area (Å²) in [6, 6.07) is 1.45. The molecule has 0 saturated carbocycles. The molecule has 0 spiro atoms. The summed E-state index contributed by atoms with van der Waals surface area (Å²) in [5, 5.41) is 2.96. The summed E-state index contributed by atoms with van der Waals surface area (Å²) in [5.41, 5.74) is -0.00440. The molecule has 0 amide bonds. The Kier molecular flexibility index (Phi) is 2.80. The van der Waals surface area contributed by atoms with Crippen LogP contribution in [-0.2, 0) is 6.54 Å². The van der Waals surface area contributed by atoms with Crippen LogP contribution in [0.2, 0.25) is 0 Å². The minimum absolute atomic E-state index is 0.00440. The van der Waals surface area contributed by atoms with E-state index in [0.717, 1.165) is 6.54 Å². The number of rotatable bonds is 3. The van der Waals surface area contributed by atoms with Crippen molar-refractivity contribution in [2.45, 2.75) is 6.54 Å². The zero-order valence-corrected chi connectivity index (χ0v) is 6.45. The van der Waals surface area contributed by atoms with Gasteiger partial charge in [-0.05, 0) is 7.05 Å². The highest BCUT2D eigenvalue weighted by molar-refractivity contribution is 4.81. The molecule has 1 heterocycles. The fraction of sp³-hybridized carbons (Fsp3) is 0.429. The highest BCUT2D eigenvalue weighted by atomic mass is 16.1. The Hall–Kier alpha value is -1.16. The van der Waals surface area contributed by atoms with Gasteiger partial charge in [-0.25, -0.2) is 4.98 Å². The Bertz CT molecular complexity index is 268. The predicted molar refractivity (Wildman–Crippen MR) is 42.4 cm³/mol. The average molecular weight is 153 g/mol. The summed E-state index contributed by atoms with van der Waals surface area (Å²) in [4.78, 5) is 14.9. The average Bonchev–Trinajstić information content (AvgIpc) is 2.03. The second kappa shape index (κ2) is 3.88. The predicted octanol–water partition coefficient (Wildman–Crippen LogP) is -0.537. The normalized spacial score (nSPS) is 9.91. The molecule has 11 heavy (non-hydrogen) atoms. The number of hydrogen-bond donors (Lipinski definition) is 1. The molecule has 0 fully saturated rings. The Morgan fingerprint density at radius 1 is 1.73 bits per heavy atom. The van der Waals surface area contributed by atoms with Crippen LogP contribution in [0.5, 0.6) is 0 Å². The molecular formula is C7H11N3O. The third-order valence-electron chi connectivity index (χ3n) is 1.40. The van der Waals surface area contributed by atoms with Crippen molar-refractivity contribution in [3.63, 3.8) is 0 Å². The minimum atomic E-state index is -0.00440. The van der Waals surface area contributed by atoms with Crippen molar-refractivity contribution in [3.8, 4) is 0 Å². The summed E-state index contributed by atoms with van der Waals surface area (Å²) in [6.07, 6.45) is 3.04. The molecule has 0 radical (unpaired) electrons. The maximum Gasteiger partial charge on any atom is 0.253 e. The summed E-state index contributed by atoms with van der Waals surface area (Å²) in [7, 11) is 1.85. The molecule has 0 aliphatic carbocycles. The molecule has 1 aromatic rings. The maximum absolute atomic E-state index is 11.0. The van der Waals surface area contributed by atoms with E-state index in [1.54, 1.807) is 10.9 Å². The standard InChI is InChI=1S/C7H11N3O/c1-8-4-5-10-6-9-3-2-7(10)11/h2-3,6,8H,4-5H2,1H3. The van der Waals surface area contributed by atoms with Crippen molar-refractivity contribution in [1.29, 1.82) is 0 Å². The molecule has 0 bridgehead atoms. The fourth-order valence-electron chi connectivity index (χ4n) is 0.779. The number of hydrogen-bond acceptors (Lipinski definition) is 3. The zero-order chi connectivity index (χ0) is 8.10. The van der Waals surface area contributed by atoms with E-state index in [1.807, 2.05) is 7.05 Å². The van der Waals surface area contributed by atoms with Crippen molar-refractivity contribution in [1.82, 2.24) is 14.9 Å². The minimum Gasteiger partial charge on any atom is -0.318 e. The van der Waals surface area contributed by atoms with Gasteiger partial charge in [-0.3, -0.25) is 9.36 Å². The van der Waals surface area contributed by atoms with E-state index in [1.165, 1.54) is 12.3 Å². The van der Waals surface area contributed by atoms with Gasteiger partial charge in [0.2, 0.25) is 0 Å². The van der Waals surface area contributed by atoms with E-state index in [0.29, 0.717) is 6.54 Å². The van der Waals surface area contributed by atoms with Crippen LogP contribution < -0.4 is 10.9 Å². The molecule has 0 unspecified atom stereocenters. The van der Waals surface area contributed by atoms with Gasteiger partial charge >= 0.3 is 0 Å². The van der Waals surface area contributed by atoms with Gasteiger partial charge in [0, 0.05) is 25.4 Å². The SMILES string of the molecule is CNCCn1cnccc1=O. The molecular weight excluding hydrogens is 142 g/mol. The van der Waals surface area contributed by atoms with Gasteiger partial charge in [0.05, 0.1) is 6.33 Å². The third kappa shape index (κ3) is 2.16. The lowest BCUT2D eigenvalue weighted by molar-refractivity contribution is 0.616. The van der Waals surface area contributed by atoms with Gasteiger partial charge in [-0.2, -0.15) is 0 Å². The van der Waals surface area contributed by atoms with E-state index >= 15 is 0 Å². The molecule has 4 nitrogen and oxygen atoms in total. The quantitative estimate of drug-likeness (QED) is 0.634. The molecule has 0 aliphatic rings. The van der Waals surface area contributed by atoms with E-state index in [9.17, 15) is 4.79 Å². The lowest BCUT2D eigenvalue weighted by Crippen LogP contribution is -2.24. The molecule has 4 heteroatoms. The number of likely N-dealkylation sites (N-methyl/N-ethyl adjacent to an activating group) is 1. The Labute approximate surface area is 64.9 Å². The fourth-order valence-corrected chi connectivity index (χ4v) is 0.779. The van der Waals surface area contributed by atoms with Gasteiger partial charge in [0.1, 0.15) is 0 Å². The van der Waals surface area contributed by atoms with Crippen LogP contribution in [0.15, 0.2) is 23.4 Å². The van der Waals surface area contributed by atoms with Crippen LogP contribution in [0.1, 0.15) is 0 Å². The smallest absolute Gasteiger partial charge is 0.253 e. The second-order valence-electron chi connectivity index (χ2n) is 2.22. The molecule has 60 valence electrons. The Balaban J connectivity index is 2.70. The van der Waals surface area contributed by atoms with E-state index in [2.05, 4.69) is 10.3 Å². The van der Waals surface area contributed by atoms with Crippen LogP contribution in [0.25, 0.3) is 0 Å². The molecule has 1 aromatic heterocycles. The van der Waals surface area contributed by atoms with Crippen molar-refractivity contribution in [3.05, 3.63) is 28.9 Å². The zero-order valence-electron chi connectivity index (χ0n) is 6.45. The molecule has 1 rings (SSSR count). The van der Waals surface area contributed by atoms with Crippen LogP contribution in [-0.4, -0.2) is 23.1 Å². The Morgan fingerprint density at radius 3 is 3.18 bits per heavy atom. The molecule has 0 aromatic carbocycles. The topological polar surface area (TPSA) is 46.9 Å². The van der Waals surface area contributed by atoms with Crippen molar-refractivity contribution in [2.24, 2.45) is 0 Å². The monoisotopic (exact) mass is 153 g/mol. The van der Waals surface area contributed by atoms with Crippen molar-refractivity contribution in [2.75, 3.05) is 13.6 Å². The first-order valence-electron chi connectivity index (χ1n) is 3.49. The third-order valence-corrected chi connectivity index (χ3v) is 1.40. The Morgan fingerprint density at radius 2 is 2.55 bits per heavy atom. The van der Waals surface area contributed by atoms with Crippen LogP contribution >= 0.6 is 0 Å². The lowest BCUT2D eigenvalue weighted by atomic mass is 10.5. The second-order valence-corrected chi connectivity index (χ2v) is 2.22. The number of nitrogens with one attached hydrogen (secondary N) is 1. The van der Waals surface area contributed by atoms with Crippen LogP contribution in [0.4, 0.5) is 0 Å². The van der Waals surface area contributed by atoms with Crippen LogP contribution in [0.3, 0.4) is 0 Å². The van der Waals surface area contributed by atoms with E-state index in [-0.39, 0.29) is 5.56 Å². The van der Waals surface area contributed by atoms with Gasteiger partial charge in [-0.15, -0.1) is 0 Å². The molecule has 0 saturated heterocycles.